The second-order valence-electron chi connectivity index (χ2n) is 5.14. The summed E-state index contributed by atoms with van der Waals surface area (Å²) in [5.41, 5.74) is 1.52. The molecule has 0 atom stereocenters. The number of nitrogens with zero attached hydrogens (tertiary/aromatic N) is 1. The zero-order valence-electron chi connectivity index (χ0n) is 11.0. The molecule has 1 saturated carbocycles. The maximum atomic E-state index is 12.9. The van der Waals surface area contributed by atoms with Crippen LogP contribution in [0.1, 0.15) is 29.9 Å². The zero-order chi connectivity index (χ0) is 13.9. The first-order chi connectivity index (χ1) is 9.69. The number of rotatable bonds is 5. The molecule has 0 aliphatic heterocycles. The van der Waals surface area contributed by atoms with Crippen LogP contribution < -0.4 is 10.9 Å². The second-order valence-corrected chi connectivity index (χ2v) is 5.14. The molecule has 4 nitrogen and oxygen atoms in total. The molecule has 20 heavy (non-hydrogen) atoms. The summed E-state index contributed by atoms with van der Waals surface area (Å²) in [5.74, 6) is 0.342. The first-order valence-corrected chi connectivity index (χ1v) is 6.76. The van der Waals surface area contributed by atoms with Crippen molar-refractivity contribution in [3.8, 4) is 0 Å². The molecule has 1 heterocycles. The van der Waals surface area contributed by atoms with Gasteiger partial charge in [-0.1, -0.05) is 12.1 Å². The number of aromatic amines is 1. The minimum Gasteiger partial charge on any atom is -0.310 e. The average Bonchev–Trinajstić information content (AvgIpc) is 3.23. The van der Waals surface area contributed by atoms with E-state index in [9.17, 15) is 9.18 Å². The van der Waals surface area contributed by atoms with E-state index < -0.39 is 0 Å². The van der Waals surface area contributed by atoms with Crippen molar-refractivity contribution in [2.45, 2.75) is 31.8 Å². The maximum Gasteiger partial charge on any atom is 0.251 e. The SMILES string of the molecule is O=c1cc(CNC2CC2)nc(Cc2ccc(F)cc2)[nH]1. The number of halogens is 1. The molecular formula is C15H16FN3O. The lowest BCUT2D eigenvalue weighted by Gasteiger charge is -2.05. The van der Waals surface area contributed by atoms with Crippen molar-refractivity contribution >= 4 is 0 Å². The molecule has 5 heteroatoms. The largest absolute Gasteiger partial charge is 0.310 e. The molecule has 0 saturated heterocycles. The van der Waals surface area contributed by atoms with Crippen molar-refractivity contribution in [2.75, 3.05) is 0 Å². The highest BCUT2D eigenvalue weighted by molar-refractivity contribution is 5.20. The molecule has 1 aliphatic carbocycles. The molecule has 1 fully saturated rings. The summed E-state index contributed by atoms with van der Waals surface area (Å²) in [6.07, 6.45) is 2.89. The van der Waals surface area contributed by atoms with Crippen LogP contribution in [0, 0.1) is 5.82 Å². The Bertz CT molecular complexity index is 647. The number of aromatic nitrogens is 2. The van der Waals surface area contributed by atoms with E-state index >= 15 is 0 Å². The van der Waals surface area contributed by atoms with Gasteiger partial charge in [0.15, 0.2) is 0 Å². The minimum absolute atomic E-state index is 0.148. The molecule has 0 unspecified atom stereocenters. The van der Waals surface area contributed by atoms with E-state index in [1.54, 1.807) is 12.1 Å². The van der Waals surface area contributed by atoms with Crippen LogP contribution in [-0.4, -0.2) is 16.0 Å². The van der Waals surface area contributed by atoms with Gasteiger partial charge in [-0.3, -0.25) is 4.79 Å². The Kier molecular flexibility index (Phi) is 3.60. The standard InChI is InChI=1S/C15H16FN3O/c16-11-3-1-10(2-4-11)7-14-18-13(8-15(20)19-14)9-17-12-5-6-12/h1-4,8,12,17H,5-7,9H2,(H,18,19,20). The summed E-state index contributed by atoms with van der Waals surface area (Å²) in [6, 6.07) is 8.31. The molecule has 3 rings (SSSR count). The fraction of sp³-hybridized carbons (Fsp3) is 0.333. The molecule has 1 aliphatic rings. The highest BCUT2D eigenvalue weighted by Crippen LogP contribution is 2.18. The Hall–Kier alpha value is -2.01. The van der Waals surface area contributed by atoms with Crippen molar-refractivity contribution in [2.24, 2.45) is 0 Å². The van der Waals surface area contributed by atoms with E-state index in [0.29, 0.717) is 24.8 Å². The summed E-state index contributed by atoms with van der Waals surface area (Å²) in [7, 11) is 0. The fourth-order valence-corrected chi connectivity index (χ4v) is 2.07. The lowest BCUT2D eigenvalue weighted by Crippen LogP contribution is -2.20. The summed E-state index contributed by atoms with van der Waals surface area (Å²) in [5, 5.41) is 3.33. The number of benzene rings is 1. The number of nitrogens with one attached hydrogen (secondary N) is 2. The Labute approximate surface area is 116 Å². The van der Waals surface area contributed by atoms with Crippen LogP contribution in [0.3, 0.4) is 0 Å². The molecule has 104 valence electrons. The normalized spacial score (nSPS) is 14.4. The molecule has 0 amide bonds. The molecule has 2 N–H and O–H groups in total. The highest BCUT2D eigenvalue weighted by atomic mass is 19.1. The molecule has 1 aromatic carbocycles. The molecule has 2 aromatic rings. The van der Waals surface area contributed by atoms with Crippen LogP contribution in [0.15, 0.2) is 35.1 Å². The van der Waals surface area contributed by atoms with Gasteiger partial charge in [0.05, 0.1) is 5.69 Å². The monoisotopic (exact) mass is 273 g/mol. The van der Waals surface area contributed by atoms with E-state index in [1.807, 2.05) is 0 Å². The van der Waals surface area contributed by atoms with Crippen molar-refractivity contribution < 1.29 is 4.39 Å². The van der Waals surface area contributed by atoms with E-state index in [2.05, 4.69) is 15.3 Å². The zero-order valence-corrected chi connectivity index (χ0v) is 11.0. The third-order valence-corrected chi connectivity index (χ3v) is 3.28. The van der Waals surface area contributed by atoms with Crippen LogP contribution in [0.25, 0.3) is 0 Å². The summed E-state index contributed by atoms with van der Waals surface area (Å²) in [6.45, 7) is 0.616. The Morgan fingerprint density at radius 1 is 1.30 bits per heavy atom. The third-order valence-electron chi connectivity index (χ3n) is 3.28. The fourth-order valence-electron chi connectivity index (χ4n) is 2.07. The predicted molar refractivity (Wildman–Crippen MR) is 73.9 cm³/mol. The van der Waals surface area contributed by atoms with Gasteiger partial charge >= 0.3 is 0 Å². The minimum atomic E-state index is -0.266. The predicted octanol–water partition coefficient (Wildman–Crippen LogP) is 1.75. The van der Waals surface area contributed by atoms with Gasteiger partial charge in [-0.25, -0.2) is 9.37 Å². The van der Waals surface area contributed by atoms with Gasteiger partial charge in [-0.05, 0) is 30.5 Å². The van der Waals surface area contributed by atoms with Crippen LogP contribution in [0.4, 0.5) is 4.39 Å². The first-order valence-electron chi connectivity index (χ1n) is 6.76. The van der Waals surface area contributed by atoms with Gasteiger partial charge in [0.25, 0.3) is 5.56 Å². The van der Waals surface area contributed by atoms with Crippen LogP contribution >= 0.6 is 0 Å². The second kappa shape index (κ2) is 5.54. The highest BCUT2D eigenvalue weighted by Gasteiger charge is 2.20. The lowest BCUT2D eigenvalue weighted by atomic mass is 10.1. The average molecular weight is 273 g/mol. The van der Waals surface area contributed by atoms with Gasteiger partial charge in [0.1, 0.15) is 11.6 Å². The molecule has 0 radical (unpaired) electrons. The number of hydrogen-bond acceptors (Lipinski definition) is 3. The van der Waals surface area contributed by atoms with Crippen LogP contribution in [0.2, 0.25) is 0 Å². The lowest BCUT2D eigenvalue weighted by molar-refractivity contribution is 0.627. The smallest absolute Gasteiger partial charge is 0.251 e. The van der Waals surface area contributed by atoms with Gasteiger partial charge < -0.3 is 10.3 Å². The van der Waals surface area contributed by atoms with Gasteiger partial charge in [0, 0.05) is 25.1 Å². The molecule has 1 aromatic heterocycles. The van der Waals surface area contributed by atoms with Gasteiger partial charge in [-0.15, -0.1) is 0 Å². The Morgan fingerprint density at radius 2 is 2.05 bits per heavy atom. The van der Waals surface area contributed by atoms with Crippen LogP contribution in [0.5, 0.6) is 0 Å². The Balaban J connectivity index is 1.74. The van der Waals surface area contributed by atoms with E-state index in [4.69, 9.17) is 0 Å². The third kappa shape index (κ3) is 3.51. The van der Waals surface area contributed by atoms with Gasteiger partial charge in [0.2, 0.25) is 0 Å². The first kappa shape index (κ1) is 13.0. The van der Waals surface area contributed by atoms with Crippen molar-refractivity contribution in [1.82, 2.24) is 15.3 Å². The molecule has 0 bridgehead atoms. The summed E-state index contributed by atoms with van der Waals surface area (Å²) >= 11 is 0. The van der Waals surface area contributed by atoms with E-state index in [1.165, 1.54) is 31.0 Å². The quantitative estimate of drug-likeness (QED) is 0.872. The number of H-pyrrole nitrogens is 1. The van der Waals surface area contributed by atoms with E-state index in [-0.39, 0.29) is 11.4 Å². The number of hydrogen-bond donors (Lipinski definition) is 2. The van der Waals surface area contributed by atoms with Crippen LogP contribution in [-0.2, 0) is 13.0 Å². The van der Waals surface area contributed by atoms with E-state index in [0.717, 1.165) is 11.3 Å². The topological polar surface area (TPSA) is 57.8 Å². The van der Waals surface area contributed by atoms with Gasteiger partial charge in [-0.2, -0.15) is 0 Å². The molecule has 0 spiro atoms. The van der Waals surface area contributed by atoms with Crippen molar-refractivity contribution in [1.29, 1.82) is 0 Å². The summed E-state index contributed by atoms with van der Waals surface area (Å²) < 4.78 is 12.9. The van der Waals surface area contributed by atoms with Crippen molar-refractivity contribution in [3.05, 3.63) is 63.6 Å². The van der Waals surface area contributed by atoms with Crippen molar-refractivity contribution in [3.63, 3.8) is 0 Å². The summed E-state index contributed by atoms with van der Waals surface area (Å²) in [4.78, 5) is 18.8. The maximum absolute atomic E-state index is 12.9. The Morgan fingerprint density at radius 3 is 2.75 bits per heavy atom. The molecular weight excluding hydrogens is 257 g/mol.